The molecule has 0 saturated carbocycles. The quantitative estimate of drug-likeness (QED) is 0.0114. The maximum atomic E-state index is 11.2. The highest BCUT2D eigenvalue weighted by molar-refractivity contribution is 7.42. The Labute approximate surface area is 428 Å². The lowest BCUT2D eigenvalue weighted by molar-refractivity contribution is -0.125. The van der Waals surface area contributed by atoms with E-state index in [2.05, 4.69) is 144 Å². The van der Waals surface area contributed by atoms with Crippen molar-refractivity contribution in [3.8, 4) is 11.3 Å². The summed E-state index contributed by atoms with van der Waals surface area (Å²) in [6, 6.07) is 11.6. The first-order valence-corrected chi connectivity index (χ1v) is 26.9. The lowest BCUT2D eigenvalue weighted by Gasteiger charge is -2.31. The van der Waals surface area contributed by atoms with Crippen molar-refractivity contribution in [1.29, 1.82) is 0 Å². The zero-order chi connectivity index (χ0) is 53.8. The number of hydrazine groups is 1. The molecule has 3 atom stereocenters. The minimum Gasteiger partial charge on any atom is -0.375 e. The van der Waals surface area contributed by atoms with Crippen LogP contribution in [0.5, 0.6) is 0 Å². The lowest BCUT2D eigenvalue weighted by Crippen LogP contribution is -2.47. The van der Waals surface area contributed by atoms with Crippen molar-refractivity contribution in [3.63, 3.8) is 0 Å². The van der Waals surface area contributed by atoms with Crippen LogP contribution in [-0.4, -0.2) is 118 Å². The van der Waals surface area contributed by atoms with Crippen LogP contribution in [0.25, 0.3) is 22.2 Å². The zero-order valence-electron chi connectivity index (χ0n) is 46.3. The van der Waals surface area contributed by atoms with Crippen LogP contribution in [0.15, 0.2) is 73.9 Å². The largest absolute Gasteiger partial charge is 0.375 e. The van der Waals surface area contributed by atoms with E-state index >= 15 is 0 Å². The third kappa shape index (κ3) is 23.4. The van der Waals surface area contributed by atoms with Crippen molar-refractivity contribution in [2.45, 2.75) is 139 Å². The Bertz CT molecular complexity index is 1940. The number of amides is 1. The number of anilines is 1. The number of methoxy groups -OCH3 is 1. The van der Waals surface area contributed by atoms with Crippen molar-refractivity contribution in [3.05, 3.63) is 85.1 Å². The van der Waals surface area contributed by atoms with E-state index in [0.717, 1.165) is 90.9 Å². The number of hydrogen-bond donors (Lipinski definition) is 4. The fourth-order valence-corrected chi connectivity index (χ4v) is 8.82. The Morgan fingerprint density at radius 3 is 2.16 bits per heavy atom. The van der Waals surface area contributed by atoms with Gasteiger partial charge in [0.2, 0.25) is 5.91 Å². The second kappa shape index (κ2) is 39.5. The molecule has 1 aliphatic heterocycles. The maximum Gasteiger partial charge on any atom is 0.244 e. The molecular weight excluding hydrogens is 892 g/mol. The summed E-state index contributed by atoms with van der Waals surface area (Å²) in [5.41, 5.74) is 18.7. The second-order valence-corrected chi connectivity index (χ2v) is 19.1. The summed E-state index contributed by atoms with van der Waals surface area (Å²) >= 11 is 0. The van der Waals surface area contributed by atoms with Crippen LogP contribution < -0.4 is 27.6 Å². The van der Waals surface area contributed by atoms with Gasteiger partial charge in [-0.2, -0.15) is 0 Å². The summed E-state index contributed by atoms with van der Waals surface area (Å²) in [7, 11) is 9.66. The average molecular weight is 991 g/mol. The molecule has 0 spiro atoms. The average Bonchev–Trinajstić information content (AvgIpc) is 3.66. The summed E-state index contributed by atoms with van der Waals surface area (Å²) in [5.74, 6) is 6.03. The topological polar surface area (TPSA) is 178 Å². The summed E-state index contributed by atoms with van der Waals surface area (Å²) < 4.78 is 8.17. The number of likely N-dealkylation sites (N-methyl/N-ethyl adjacent to an activating group) is 1. The molecule has 1 saturated heterocycles. The SMILES string of the molecule is C=CC(=O)N1C[B]C1.C=CN(C)C(C(=C)PC)C(C)C.CCC(=O)CCCCNN.CCCCN(CC)c1ccc2c(c1)c(CC(C)(C)CCC=O)c(-c1cccnc1C(C)OC)n2CC.CN.CN. The number of carbonyl (C=O) groups excluding carboxylic acids is 3. The molecule has 3 unspecified atom stereocenters. The maximum absolute atomic E-state index is 11.2. The van der Waals surface area contributed by atoms with Gasteiger partial charge in [0, 0.05) is 87.9 Å². The molecule has 0 aliphatic carbocycles. The molecule has 13 nitrogen and oxygen atoms in total. The molecule has 7 N–H and O–H groups in total. The number of Topliss-reactive ketones (excluding diaryl/α,β-unsaturated/α-hetero) is 1. The molecule has 70 heavy (non-hydrogen) atoms. The van der Waals surface area contributed by atoms with Crippen LogP contribution in [0, 0.1) is 11.3 Å². The molecule has 2 aromatic heterocycles. The highest BCUT2D eigenvalue weighted by atomic mass is 31.1. The summed E-state index contributed by atoms with van der Waals surface area (Å²) in [6.07, 6.45) is 15.6. The molecule has 1 fully saturated rings. The number of nitrogens with two attached hydrogens (primary N) is 3. The summed E-state index contributed by atoms with van der Waals surface area (Å²) in [5, 5.41) is 2.62. The van der Waals surface area contributed by atoms with Gasteiger partial charge in [-0.3, -0.25) is 25.8 Å². The number of fused-ring (bicyclic) bond motifs is 1. The number of aryl methyl sites for hydroxylation is 1. The van der Waals surface area contributed by atoms with Gasteiger partial charge in [0.05, 0.1) is 23.5 Å². The van der Waals surface area contributed by atoms with Crippen LogP contribution >= 0.6 is 8.58 Å². The monoisotopic (exact) mass is 991 g/mol. The van der Waals surface area contributed by atoms with Crippen LogP contribution in [0.3, 0.4) is 0 Å². The number of nitrogens with one attached hydrogen (secondary N) is 1. The fourth-order valence-electron chi connectivity index (χ4n) is 7.99. The van der Waals surface area contributed by atoms with E-state index in [4.69, 9.17) is 15.6 Å². The van der Waals surface area contributed by atoms with E-state index in [1.54, 1.807) is 12.0 Å². The van der Waals surface area contributed by atoms with Crippen molar-refractivity contribution in [1.82, 2.24) is 24.8 Å². The molecule has 0 bridgehead atoms. The Morgan fingerprint density at radius 1 is 1.04 bits per heavy atom. The summed E-state index contributed by atoms with van der Waals surface area (Å²) in [6.45, 7) is 36.8. The molecule has 3 aromatic rings. The normalized spacial score (nSPS) is 12.3. The van der Waals surface area contributed by atoms with Gasteiger partial charge in [0.1, 0.15) is 12.1 Å². The van der Waals surface area contributed by atoms with E-state index in [9.17, 15) is 14.4 Å². The first kappa shape index (κ1) is 67.9. The molecule has 1 amide bonds. The van der Waals surface area contributed by atoms with Crippen molar-refractivity contribution < 1.29 is 19.1 Å². The number of aldehydes is 1. The highest BCUT2D eigenvalue weighted by Crippen LogP contribution is 2.42. The number of aromatic nitrogens is 2. The molecule has 1 aromatic carbocycles. The number of ketones is 1. The molecule has 4 rings (SSSR count). The lowest BCUT2D eigenvalue weighted by atomic mass is 9.69. The smallest absolute Gasteiger partial charge is 0.244 e. The number of nitrogens with zero attached hydrogens (tertiary/aromatic N) is 5. The van der Waals surface area contributed by atoms with Crippen LogP contribution in [0.1, 0.15) is 131 Å². The number of ether oxygens (including phenoxy) is 1. The van der Waals surface area contributed by atoms with Crippen LogP contribution in [0.4, 0.5) is 5.69 Å². The molecule has 15 heteroatoms. The number of rotatable bonds is 26. The highest BCUT2D eigenvalue weighted by Gasteiger charge is 2.28. The minimum absolute atomic E-state index is 0.0135. The third-order valence-corrected chi connectivity index (χ3v) is 13.0. The minimum atomic E-state index is -0.111. The van der Waals surface area contributed by atoms with Crippen LogP contribution in [-0.2, 0) is 32.1 Å². The van der Waals surface area contributed by atoms with Crippen LogP contribution in [0.2, 0.25) is 0 Å². The third-order valence-electron chi connectivity index (χ3n) is 12.1. The van der Waals surface area contributed by atoms with Crippen molar-refractivity contribution >= 4 is 50.4 Å². The molecule has 1 radical (unpaired) electrons. The second-order valence-electron chi connectivity index (χ2n) is 17.9. The summed E-state index contributed by atoms with van der Waals surface area (Å²) in [4.78, 5) is 43.6. The van der Waals surface area contributed by atoms with Crippen molar-refractivity contribution in [2.75, 3.05) is 72.3 Å². The molecule has 3 heterocycles. The van der Waals surface area contributed by atoms with Gasteiger partial charge in [0.15, 0.2) is 7.28 Å². The standard InChI is InChI=1S/C31H45N3O2.C10H20NP.C7H16N2O.C5H7BNO.2CH5N/c1-8-11-19-33(9-2)24-15-16-28-26(21-24)27(22-31(5,6)17-13-20-35)30(34(28)10-3)25-14-12-18-32-29(25)23(4)36-7;1-7-11(5)10(8(2)3)9(4)12-6;1-2-7(10)5-3-4-6-9-8;1-2-5(8)7-3-6-4-7;2*1-2/h12,14-16,18,20-21,23H,8-11,13,17,19,22H2,1-7H3;7-8,10,12H,1,4H2,2-3,5-6H3;9H,2-6,8H2,1H3;2H,1,3-4H2;2*2H2,1H3. The molecular formula is C55H98BN9O4P. The Hall–Kier alpha value is -4.17. The van der Waals surface area contributed by atoms with Gasteiger partial charge in [-0.05, 0) is 151 Å². The Kier molecular flexibility index (Phi) is 38.3. The number of carbonyl (C=O) groups is 3. The predicted molar refractivity (Wildman–Crippen MR) is 306 cm³/mol. The van der Waals surface area contributed by atoms with Gasteiger partial charge < -0.3 is 40.3 Å². The number of unbranched alkanes of at least 4 members (excludes halogenated alkanes) is 2. The van der Waals surface area contributed by atoms with Crippen molar-refractivity contribution in [2.24, 2.45) is 28.6 Å². The van der Waals surface area contributed by atoms with E-state index in [1.807, 2.05) is 32.7 Å². The first-order chi connectivity index (χ1) is 33.5. The Morgan fingerprint density at radius 2 is 1.70 bits per heavy atom. The van der Waals surface area contributed by atoms with Gasteiger partial charge in [-0.15, -0.1) is 0 Å². The van der Waals surface area contributed by atoms with E-state index < -0.39 is 0 Å². The molecule has 395 valence electrons. The number of benzene rings is 1. The Balaban J connectivity index is 0. The fraction of sp³-hybridized carbons (Fsp3) is 0.600. The van der Waals surface area contributed by atoms with E-state index in [0.29, 0.717) is 37.0 Å². The van der Waals surface area contributed by atoms with Gasteiger partial charge in [-0.1, -0.05) is 76.3 Å². The van der Waals surface area contributed by atoms with Gasteiger partial charge >= 0.3 is 0 Å². The number of pyridine rings is 1. The van der Waals surface area contributed by atoms with E-state index in [-0.39, 0.29) is 17.4 Å². The molecule has 1 aliphatic rings. The van der Waals surface area contributed by atoms with Gasteiger partial charge in [0.25, 0.3) is 0 Å². The number of hydrogen-bond acceptors (Lipinski definition) is 11. The van der Waals surface area contributed by atoms with Gasteiger partial charge in [-0.25, -0.2) is 0 Å². The predicted octanol–water partition coefficient (Wildman–Crippen LogP) is 9.90. The zero-order valence-corrected chi connectivity index (χ0v) is 47.3. The first-order valence-electron chi connectivity index (χ1n) is 25.4. The van der Waals surface area contributed by atoms with E-state index in [1.165, 1.54) is 66.2 Å².